The second kappa shape index (κ2) is 5.68. The van der Waals surface area contributed by atoms with Crippen molar-refractivity contribution in [1.29, 1.82) is 0 Å². The van der Waals surface area contributed by atoms with Crippen LogP contribution in [0, 0.1) is 5.41 Å². The van der Waals surface area contributed by atoms with Crippen molar-refractivity contribution in [2.45, 2.75) is 38.1 Å². The molecular weight excluding hydrogens is 266 g/mol. The lowest BCUT2D eigenvalue weighted by atomic mass is 9.67. The van der Waals surface area contributed by atoms with E-state index in [1.54, 1.807) is 14.2 Å². The molecule has 0 aromatic heterocycles. The van der Waals surface area contributed by atoms with Crippen LogP contribution in [0.3, 0.4) is 0 Å². The monoisotopic (exact) mass is 289 g/mol. The highest BCUT2D eigenvalue weighted by Gasteiger charge is 2.46. The molecule has 1 saturated heterocycles. The maximum absolute atomic E-state index is 11.7. The average Bonchev–Trinajstić information content (AvgIpc) is 2.90. The molecular formula is C17H23NO3. The fraction of sp³-hybridized carbons (Fsp3) is 0.588. The molecule has 0 amide bonds. The van der Waals surface area contributed by atoms with Gasteiger partial charge in [-0.3, -0.25) is 4.79 Å². The number of methoxy groups -OCH3 is 2. The van der Waals surface area contributed by atoms with Gasteiger partial charge in [0, 0.05) is 18.9 Å². The third-order valence-corrected chi connectivity index (χ3v) is 5.09. The largest absolute Gasteiger partial charge is 0.493 e. The summed E-state index contributed by atoms with van der Waals surface area (Å²) < 4.78 is 10.7. The van der Waals surface area contributed by atoms with Crippen molar-refractivity contribution in [2.75, 3.05) is 20.8 Å². The van der Waals surface area contributed by atoms with Crippen LogP contribution in [0.15, 0.2) is 18.2 Å². The highest BCUT2D eigenvalue weighted by molar-refractivity contribution is 5.80. The van der Waals surface area contributed by atoms with E-state index in [9.17, 15) is 4.79 Å². The Morgan fingerprint density at radius 1 is 1.24 bits per heavy atom. The van der Waals surface area contributed by atoms with E-state index < -0.39 is 0 Å². The van der Waals surface area contributed by atoms with Gasteiger partial charge in [-0.25, -0.2) is 0 Å². The average molecular weight is 289 g/mol. The summed E-state index contributed by atoms with van der Waals surface area (Å²) in [5.41, 5.74) is 1.49. The summed E-state index contributed by atoms with van der Waals surface area (Å²) in [7, 11) is 3.32. The molecule has 1 aromatic rings. The van der Waals surface area contributed by atoms with Crippen LogP contribution in [0.5, 0.6) is 11.5 Å². The number of Topliss-reactive ketones (excluding diaryl/α,β-unsaturated/α-hetero) is 1. The molecule has 3 rings (SSSR count). The van der Waals surface area contributed by atoms with Crippen molar-refractivity contribution in [3.63, 3.8) is 0 Å². The molecule has 0 bridgehead atoms. The SMILES string of the molecule is COc1ccc(C[C@@]23CCN[C@@H]2CC(=O)CC3)cc1OC. The Bertz CT molecular complexity index is 543. The summed E-state index contributed by atoms with van der Waals surface area (Å²) >= 11 is 0. The Morgan fingerprint density at radius 3 is 2.81 bits per heavy atom. The fourth-order valence-corrected chi connectivity index (χ4v) is 3.89. The molecule has 1 aromatic carbocycles. The number of ether oxygens (including phenoxy) is 2. The molecule has 2 aliphatic rings. The Hall–Kier alpha value is -1.55. The van der Waals surface area contributed by atoms with Gasteiger partial charge in [-0.2, -0.15) is 0 Å². The van der Waals surface area contributed by atoms with Crippen molar-refractivity contribution >= 4 is 5.78 Å². The van der Waals surface area contributed by atoms with Gasteiger partial charge in [-0.1, -0.05) is 6.07 Å². The van der Waals surface area contributed by atoms with Crippen LogP contribution in [0.2, 0.25) is 0 Å². The predicted molar refractivity (Wildman–Crippen MR) is 80.9 cm³/mol. The van der Waals surface area contributed by atoms with Gasteiger partial charge in [0.05, 0.1) is 14.2 Å². The summed E-state index contributed by atoms with van der Waals surface area (Å²) in [6.45, 7) is 1.02. The van der Waals surface area contributed by atoms with Gasteiger partial charge in [0.15, 0.2) is 11.5 Å². The number of carbonyl (C=O) groups excluding carboxylic acids is 1. The summed E-state index contributed by atoms with van der Waals surface area (Å²) in [5, 5.41) is 3.52. The molecule has 1 aliphatic heterocycles. The van der Waals surface area contributed by atoms with Crippen molar-refractivity contribution in [2.24, 2.45) is 5.41 Å². The van der Waals surface area contributed by atoms with Crippen molar-refractivity contribution < 1.29 is 14.3 Å². The second-order valence-electron chi connectivity index (χ2n) is 6.23. The number of rotatable bonds is 4. The number of carbonyl (C=O) groups is 1. The molecule has 0 radical (unpaired) electrons. The third kappa shape index (κ3) is 2.64. The number of nitrogens with one attached hydrogen (secondary N) is 1. The molecule has 4 nitrogen and oxygen atoms in total. The van der Waals surface area contributed by atoms with Crippen LogP contribution < -0.4 is 14.8 Å². The molecule has 1 N–H and O–H groups in total. The summed E-state index contributed by atoms with van der Waals surface area (Å²) in [6.07, 6.45) is 4.56. The quantitative estimate of drug-likeness (QED) is 0.924. The van der Waals surface area contributed by atoms with Gasteiger partial charge < -0.3 is 14.8 Å². The number of hydrogen-bond acceptors (Lipinski definition) is 4. The van der Waals surface area contributed by atoms with E-state index in [2.05, 4.69) is 17.4 Å². The standard InChI is InChI=1S/C17H23NO3/c1-20-14-4-3-12(9-15(14)21-2)11-17-6-5-13(19)10-16(17)18-8-7-17/h3-4,9,16,18H,5-8,10-11H2,1-2H3/t16-,17-/m1/s1. The Balaban J connectivity index is 1.83. The van der Waals surface area contributed by atoms with Crippen LogP contribution in [-0.2, 0) is 11.2 Å². The summed E-state index contributed by atoms with van der Waals surface area (Å²) in [4.78, 5) is 11.7. The van der Waals surface area contributed by atoms with Gasteiger partial charge in [0.2, 0.25) is 0 Å². The molecule has 21 heavy (non-hydrogen) atoms. The number of hydrogen-bond donors (Lipinski definition) is 1. The summed E-state index contributed by atoms with van der Waals surface area (Å²) in [5.74, 6) is 1.94. The maximum Gasteiger partial charge on any atom is 0.160 e. The van der Waals surface area contributed by atoms with Crippen molar-refractivity contribution in [3.8, 4) is 11.5 Å². The fourth-order valence-electron chi connectivity index (χ4n) is 3.89. The van der Waals surface area contributed by atoms with Gasteiger partial charge in [0.25, 0.3) is 0 Å². The predicted octanol–water partition coefficient (Wildman–Crippen LogP) is 2.35. The molecule has 2 atom stereocenters. The van der Waals surface area contributed by atoms with E-state index in [1.807, 2.05) is 6.07 Å². The Labute approximate surface area is 125 Å². The number of fused-ring (bicyclic) bond motifs is 1. The second-order valence-corrected chi connectivity index (χ2v) is 6.23. The Kier molecular flexibility index (Phi) is 3.89. The van der Waals surface area contributed by atoms with E-state index in [4.69, 9.17) is 9.47 Å². The molecule has 2 fully saturated rings. The molecule has 1 aliphatic carbocycles. The minimum atomic E-state index is 0.230. The first-order chi connectivity index (χ1) is 10.2. The zero-order valence-electron chi connectivity index (χ0n) is 12.8. The van der Waals surface area contributed by atoms with E-state index in [0.29, 0.717) is 18.2 Å². The van der Waals surface area contributed by atoms with Crippen LogP contribution in [-0.4, -0.2) is 32.6 Å². The molecule has 1 saturated carbocycles. The van der Waals surface area contributed by atoms with E-state index in [0.717, 1.165) is 43.7 Å². The van der Waals surface area contributed by atoms with Gasteiger partial charge >= 0.3 is 0 Å². The molecule has 1 heterocycles. The molecule has 0 spiro atoms. The molecule has 0 unspecified atom stereocenters. The highest BCUT2D eigenvalue weighted by Crippen LogP contribution is 2.45. The van der Waals surface area contributed by atoms with Gasteiger partial charge in [-0.15, -0.1) is 0 Å². The topological polar surface area (TPSA) is 47.6 Å². The third-order valence-electron chi connectivity index (χ3n) is 5.09. The minimum Gasteiger partial charge on any atom is -0.493 e. The maximum atomic E-state index is 11.7. The normalized spacial score (nSPS) is 28.3. The van der Waals surface area contributed by atoms with Crippen molar-refractivity contribution in [1.82, 2.24) is 5.32 Å². The first kappa shape index (κ1) is 14.4. The highest BCUT2D eigenvalue weighted by atomic mass is 16.5. The zero-order valence-corrected chi connectivity index (χ0v) is 12.8. The van der Waals surface area contributed by atoms with E-state index in [-0.39, 0.29) is 5.41 Å². The molecule has 4 heteroatoms. The van der Waals surface area contributed by atoms with Gasteiger partial charge in [-0.05, 0) is 48.9 Å². The smallest absolute Gasteiger partial charge is 0.160 e. The van der Waals surface area contributed by atoms with Crippen LogP contribution in [0.25, 0.3) is 0 Å². The first-order valence-corrected chi connectivity index (χ1v) is 7.63. The lowest BCUT2D eigenvalue weighted by Gasteiger charge is -2.38. The van der Waals surface area contributed by atoms with Crippen molar-refractivity contribution in [3.05, 3.63) is 23.8 Å². The first-order valence-electron chi connectivity index (χ1n) is 7.63. The van der Waals surface area contributed by atoms with E-state index in [1.165, 1.54) is 5.56 Å². The minimum absolute atomic E-state index is 0.230. The Morgan fingerprint density at radius 2 is 2.05 bits per heavy atom. The van der Waals surface area contributed by atoms with Crippen LogP contribution in [0.1, 0.15) is 31.2 Å². The van der Waals surface area contributed by atoms with Crippen LogP contribution in [0.4, 0.5) is 0 Å². The van der Waals surface area contributed by atoms with E-state index >= 15 is 0 Å². The lowest BCUT2D eigenvalue weighted by Crippen LogP contribution is -2.43. The number of ketones is 1. The van der Waals surface area contributed by atoms with Gasteiger partial charge in [0.1, 0.15) is 5.78 Å². The molecule has 114 valence electrons. The summed E-state index contributed by atoms with van der Waals surface area (Å²) in [6, 6.07) is 6.49. The zero-order chi connectivity index (χ0) is 14.9. The lowest BCUT2D eigenvalue weighted by molar-refractivity contribution is -0.122. The van der Waals surface area contributed by atoms with Crippen LogP contribution >= 0.6 is 0 Å². The number of benzene rings is 1.